The second kappa shape index (κ2) is 4.21. The Bertz CT molecular complexity index is 904. The molecule has 0 saturated carbocycles. The highest BCUT2D eigenvalue weighted by atomic mass is 32.2. The van der Waals surface area contributed by atoms with Crippen LogP contribution in [0, 0.1) is 13.8 Å². The van der Waals surface area contributed by atoms with E-state index < -0.39 is 9.84 Å². The third kappa shape index (κ3) is 2.12. The van der Waals surface area contributed by atoms with Gasteiger partial charge in [-0.3, -0.25) is 0 Å². The Labute approximate surface area is 116 Å². The van der Waals surface area contributed by atoms with Crippen LogP contribution in [-0.2, 0) is 9.84 Å². The molecule has 0 aliphatic heterocycles. The number of nitrogens with zero attached hydrogens (tertiary/aromatic N) is 1. The SMILES string of the molecule is Cc1cc(-c2nc3ccc(S(C)(=O)=O)cc3[nH]2)c(C)o1. The third-order valence-electron chi connectivity index (χ3n) is 3.18. The molecule has 5 nitrogen and oxygen atoms in total. The van der Waals surface area contributed by atoms with Crippen LogP contribution in [0.4, 0.5) is 0 Å². The minimum atomic E-state index is -3.22. The summed E-state index contributed by atoms with van der Waals surface area (Å²) in [6.07, 6.45) is 1.19. The van der Waals surface area contributed by atoms with E-state index in [0.717, 1.165) is 22.6 Å². The maximum Gasteiger partial charge on any atom is 0.175 e. The summed E-state index contributed by atoms with van der Waals surface area (Å²) in [5, 5.41) is 0. The van der Waals surface area contributed by atoms with Gasteiger partial charge in [0.25, 0.3) is 0 Å². The summed E-state index contributed by atoms with van der Waals surface area (Å²) < 4.78 is 28.6. The van der Waals surface area contributed by atoms with E-state index in [2.05, 4.69) is 9.97 Å². The number of benzene rings is 1. The van der Waals surface area contributed by atoms with Crippen LogP contribution >= 0.6 is 0 Å². The first-order valence-electron chi connectivity index (χ1n) is 6.12. The van der Waals surface area contributed by atoms with Crippen LogP contribution in [0.15, 0.2) is 33.6 Å². The molecule has 2 aromatic heterocycles. The standard InChI is InChI=1S/C14H14N2O3S/c1-8-6-11(9(2)19-8)14-15-12-5-4-10(20(3,17)18)7-13(12)16-14/h4-7H,1-3H3,(H,15,16). The second-order valence-corrected chi connectivity index (χ2v) is 6.88. The van der Waals surface area contributed by atoms with Gasteiger partial charge in [-0.05, 0) is 38.1 Å². The van der Waals surface area contributed by atoms with E-state index in [9.17, 15) is 8.42 Å². The molecule has 0 spiro atoms. The van der Waals surface area contributed by atoms with Gasteiger partial charge in [-0.2, -0.15) is 0 Å². The molecule has 6 heteroatoms. The lowest BCUT2D eigenvalue weighted by Crippen LogP contribution is -1.96. The largest absolute Gasteiger partial charge is 0.466 e. The number of sulfone groups is 1. The number of nitrogens with one attached hydrogen (secondary N) is 1. The van der Waals surface area contributed by atoms with Gasteiger partial charge in [-0.25, -0.2) is 13.4 Å². The molecule has 104 valence electrons. The lowest BCUT2D eigenvalue weighted by atomic mass is 10.2. The monoisotopic (exact) mass is 290 g/mol. The Morgan fingerprint density at radius 3 is 2.55 bits per heavy atom. The van der Waals surface area contributed by atoms with Crippen molar-refractivity contribution >= 4 is 20.9 Å². The first-order valence-corrected chi connectivity index (χ1v) is 8.01. The number of rotatable bonds is 2. The number of fused-ring (bicyclic) bond motifs is 1. The summed E-state index contributed by atoms with van der Waals surface area (Å²) >= 11 is 0. The van der Waals surface area contributed by atoms with Crippen LogP contribution in [0.5, 0.6) is 0 Å². The number of hydrogen-bond donors (Lipinski definition) is 1. The topological polar surface area (TPSA) is 76.0 Å². The molecule has 0 unspecified atom stereocenters. The van der Waals surface area contributed by atoms with Crippen LogP contribution in [0.25, 0.3) is 22.4 Å². The van der Waals surface area contributed by atoms with E-state index in [0.29, 0.717) is 11.3 Å². The number of aryl methyl sites for hydroxylation is 2. The normalized spacial score (nSPS) is 12.2. The van der Waals surface area contributed by atoms with Crippen LogP contribution in [-0.4, -0.2) is 24.6 Å². The quantitative estimate of drug-likeness (QED) is 0.787. The van der Waals surface area contributed by atoms with Crippen molar-refractivity contribution in [2.45, 2.75) is 18.7 Å². The van der Waals surface area contributed by atoms with Gasteiger partial charge >= 0.3 is 0 Å². The number of aromatic nitrogens is 2. The average Bonchev–Trinajstić information content (AvgIpc) is 2.89. The number of imidazole rings is 1. The van der Waals surface area contributed by atoms with Crippen molar-refractivity contribution in [1.29, 1.82) is 0 Å². The lowest BCUT2D eigenvalue weighted by molar-refractivity contribution is 0.505. The minimum Gasteiger partial charge on any atom is -0.466 e. The summed E-state index contributed by atoms with van der Waals surface area (Å²) in [5.41, 5.74) is 2.31. The van der Waals surface area contributed by atoms with Crippen molar-refractivity contribution in [2.75, 3.05) is 6.26 Å². The van der Waals surface area contributed by atoms with Crippen molar-refractivity contribution < 1.29 is 12.8 Å². The molecule has 0 aliphatic carbocycles. The van der Waals surface area contributed by atoms with Crippen LogP contribution < -0.4 is 0 Å². The van der Waals surface area contributed by atoms with E-state index >= 15 is 0 Å². The smallest absolute Gasteiger partial charge is 0.175 e. The van der Waals surface area contributed by atoms with Crippen molar-refractivity contribution in [1.82, 2.24) is 9.97 Å². The van der Waals surface area contributed by atoms with E-state index in [1.807, 2.05) is 19.9 Å². The van der Waals surface area contributed by atoms with Gasteiger partial charge in [-0.1, -0.05) is 0 Å². The molecule has 3 rings (SSSR count). The highest BCUT2D eigenvalue weighted by Crippen LogP contribution is 2.27. The fraction of sp³-hybridized carbons (Fsp3) is 0.214. The summed E-state index contributed by atoms with van der Waals surface area (Å²) in [5.74, 6) is 2.28. The van der Waals surface area contributed by atoms with Crippen LogP contribution in [0.3, 0.4) is 0 Å². The highest BCUT2D eigenvalue weighted by molar-refractivity contribution is 7.90. The Balaban J connectivity index is 2.18. The van der Waals surface area contributed by atoms with Gasteiger partial charge in [0.2, 0.25) is 0 Å². The maximum absolute atomic E-state index is 11.6. The first kappa shape index (κ1) is 12.9. The fourth-order valence-corrected chi connectivity index (χ4v) is 2.86. The van der Waals surface area contributed by atoms with Crippen molar-refractivity contribution in [3.8, 4) is 11.4 Å². The predicted molar refractivity (Wildman–Crippen MR) is 76.4 cm³/mol. The van der Waals surface area contributed by atoms with Gasteiger partial charge in [0.1, 0.15) is 17.3 Å². The zero-order chi connectivity index (χ0) is 14.5. The molecule has 2 heterocycles. The van der Waals surface area contributed by atoms with Gasteiger partial charge in [-0.15, -0.1) is 0 Å². The van der Waals surface area contributed by atoms with Crippen LogP contribution in [0.1, 0.15) is 11.5 Å². The number of furan rings is 1. The average molecular weight is 290 g/mol. The third-order valence-corrected chi connectivity index (χ3v) is 4.29. The van der Waals surface area contributed by atoms with Crippen LogP contribution in [0.2, 0.25) is 0 Å². The van der Waals surface area contributed by atoms with Gasteiger partial charge in [0.15, 0.2) is 9.84 Å². The Morgan fingerprint density at radius 2 is 1.95 bits per heavy atom. The van der Waals surface area contributed by atoms with Gasteiger partial charge in [0, 0.05) is 6.26 Å². The van der Waals surface area contributed by atoms with E-state index in [4.69, 9.17) is 4.42 Å². The fourth-order valence-electron chi connectivity index (χ4n) is 2.21. The highest BCUT2D eigenvalue weighted by Gasteiger charge is 2.14. The van der Waals surface area contributed by atoms with Gasteiger partial charge < -0.3 is 9.40 Å². The van der Waals surface area contributed by atoms with E-state index in [1.54, 1.807) is 18.2 Å². The molecule has 1 N–H and O–H groups in total. The minimum absolute atomic E-state index is 0.278. The number of hydrogen-bond acceptors (Lipinski definition) is 4. The Morgan fingerprint density at radius 1 is 1.20 bits per heavy atom. The van der Waals surface area contributed by atoms with Crippen molar-refractivity contribution in [2.24, 2.45) is 0 Å². The molecule has 0 amide bonds. The zero-order valence-electron chi connectivity index (χ0n) is 11.4. The lowest BCUT2D eigenvalue weighted by Gasteiger charge is -1.96. The maximum atomic E-state index is 11.6. The zero-order valence-corrected chi connectivity index (χ0v) is 12.2. The van der Waals surface area contributed by atoms with Gasteiger partial charge in [0.05, 0.1) is 21.5 Å². The molecule has 0 radical (unpaired) electrons. The molecule has 0 saturated heterocycles. The number of aromatic amines is 1. The molecule has 20 heavy (non-hydrogen) atoms. The molecule has 1 aromatic carbocycles. The Kier molecular flexibility index (Phi) is 2.72. The number of H-pyrrole nitrogens is 1. The molecular weight excluding hydrogens is 276 g/mol. The summed E-state index contributed by atoms with van der Waals surface area (Å²) in [4.78, 5) is 7.89. The second-order valence-electron chi connectivity index (χ2n) is 4.86. The summed E-state index contributed by atoms with van der Waals surface area (Å²) in [6, 6.07) is 6.78. The summed E-state index contributed by atoms with van der Waals surface area (Å²) in [7, 11) is -3.22. The first-order chi connectivity index (χ1) is 9.34. The van der Waals surface area contributed by atoms with E-state index in [-0.39, 0.29) is 4.90 Å². The molecule has 0 bridgehead atoms. The molecular formula is C14H14N2O3S. The molecule has 3 aromatic rings. The molecule has 0 atom stereocenters. The molecule has 0 aliphatic rings. The van der Waals surface area contributed by atoms with Crippen molar-refractivity contribution in [3.05, 3.63) is 35.8 Å². The predicted octanol–water partition coefficient (Wildman–Crippen LogP) is 2.84. The summed E-state index contributed by atoms with van der Waals surface area (Å²) in [6.45, 7) is 3.75. The van der Waals surface area contributed by atoms with E-state index in [1.165, 1.54) is 6.26 Å². The van der Waals surface area contributed by atoms with Crippen molar-refractivity contribution in [3.63, 3.8) is 0 Å². The Hall–Kier alpha value is -2.08. The molecule has 0 fully saturated rings.